The second-order valence-corrected chi connectivity index (χ2v) is 4.85. The van der Waals surface area contributed by atoms with Gasteiger partial charge in [0.1, 0.15) is 6.33 Å². The summed E-state index contributed by atoms with van der Waals surface area (Å²) in [7, 11) is 0. The van der Waals surface area contributed by atoms with Gasteiger partial charge >= 0.3 is 5.97 Å². The third-order valence-corrected chi connectivity index (χ3v) is 3.34. The third-order valence-electron chi connectivity index (χ3n) is 2.38. The molecule has 0 aliphatic rings. The first-order valence-electron chi connectivity index (χ1n) is 5.43. The number of hydrogen-bond donors (Lipinski definition) is 1. The first kappa shape index (κ1) is 12.6. The largest absolute Gasteiger partial charge is 0.481 e. The lowest BCUT2D eigenvalue weighted by atomic mass is 10.1. The summed E-state index contributed by atoms with van der Waals surface area (Å²) in [5, 5.41) is 17.0. The van der Waals surface area contributed by atoms with Gasteiger partial charge in [0.15, 0.2) is 5.16 Å². The van der Waals surface area contributed by atoms with Crippen molar-refractivity contribution in [2.24, 2.45) is 0 Å². The molecule has 0 saturated carbocycles. The van der Waals surface area contributed by atoms with Crippen LogP contribution in [0.1, 0.15) is 11.1 Å². The van der Waals surface area contributed by atoms with E-state index in [2.05, 4.69) is 10.2 Å². The molecular weight excluding hydrogens is 250 g/mol. The van der Waals surface area contributed by atoms with Gasteiger partial charge in [-0.25, -0.2) is 0 Å². The lowest BCUT2D eigenvalue weighted by Crippen LogP contribution is -2.03. The molecule has 0 amide bonds. The maximum Gasteiger partial charge on any atom is 0.313 e. The molecule has 0 radical (unpaired) electrons. The Balaban J connectivity index is 2.07. The van der Waals surface area contributed by atoms with Gasteiger partial charge in [-0.15, -0.1) is 10.2 Å². The van der Waals surface area contributed by atoms with Crippen molar-refractivity contribution >= 4 is 17.7 Å². The highest BCUT2D eigenvalue weighted by Gasteiger charge is 2.07. The summed E-state index contributed by atoms with van der Waals surface area (Å²) in [5.41, 5.74) is 2.35. The molecule has 0 bridgehead atoms. The number of hydrogen-bond acceptors (Lipinski definition) is 4. The van der Waals surface area contributed by atoms with Crippen LogP contribution in [0.3, 0.4) is 0 Å². The van der Waals surface area contributed by atoms with Crippen molar-refractivity contribution in [3.63, 3.8) is 0 Å². The van der Waals surface area contributed by atoms with Gasteiger partial charge < -0.3 is 9.67 Å². The summed E-state index contributed by atoms with van der Waals surface area (Å²) in [6.45, 7) is 2.69. The molecular formula is C12H13N3O2S. The molecule has 0 aliphatic heterocycles. The lowest BCUT2D eigenvalue weighted by molar-refractivity contribution is -0.133. The Morgan fingerprint density at radius 2 is 2.11 bits per heavy atom. The van der Waals surface area contributed by atoms with Gasteiger partial charge in [0.25, 0.3) is 0 Å². The van der Waals surface area contributed by atoms with Crippen molar-refractivity contribution in [3.8, 4) is 0 Å². The van der Waals surface area contributed by atoms with E-state index in [1.165, 1.54) is 17.3 Å². The van der Waals surface area contributed by atoms with E-state index in [0.717, 1.165) is 5.56 Å². The van der Waals surface area contributed by atoms with Crippen LogP contribution in [0, 0.1) is 6.92 Å². The average Bonchev–Trinajstić information content (AvgIpc) is 2.77. The molecule has 18 heavy (non-hydrogen) atoms. The zero-order chi connectivity index (χ0) is 13.0. The Morgan fingerprint density at radius 3 is 2.78 bits per heavy atom. The molecule has 0 spiro atoms. The summed E-state index contributed by atoms with van der Waals surface area (Å²) < 4.78 is 1.85. The number of carboxylic acids is 1. The van der Waals surface area contributed by atoms with E-state index < -0.39 is 5.97 Å². The van der Waals surface area contributed by atoms with Crippen molar-refractivity contribution < 1.29 is 9.90 Å². The van der Waals surface area contributed by atoms with Crippen LogP contribution in [0.25, 0.3) is 0 Å². The molecule has 6 heteroatoms. The van der Waals surface area contributed by atoms with Gasteiger partial charge in [0.05, 0.1) is 12.3 Å². The topological polar surface area (TPSA) is 68.0 Å². The minimum Gasteiger partial charge on any atom is -0.481 e. The maximum absolute atomic E-state index is 10.5. The quantitative estimate of drug-likeness (QED) is 0.833. The summed E-state index contributed by atoms with van der Waals surface area (Å²) >= 11 is 1.17. The number of thioether (sulfide) groups is 1. The van der Waals surface area contributed by atoms with E-state index in [4.69, 9.17) is 5.11 Å². The number of aryl methyl sites for hydroxylation is 1. The van der Waals surface area contributed by atoms with Gasteiger partial charge in [-0.1, -0.05) is 41.6 Å². The second-order valence-electron chi connectivity index (χ2n) is 3.91. The Bertz CT molecular complexity index is 537. The van der Waals surface area contributed by atoms with E-state index in [1.807, 2.05) is 35.8 Å². The van der Waals surface area contributed by atoms with Crippen LogP contribution in [0.2, 0.25) is 0 Å². The predicted molar refractivity (Wildman–Crippen MR) is 68.7 cm³/mol. The van der Waals surface area contributed by atoms with Gasteiger partial charge in [0, 0.05) is 0 Å². The van der Waals surface area contributed by atoms with E-state index in [-0.39, 0.29) is 5.75 Å². The highest BCUT2D eigenvalue weighted by Crippen LogP contribution is 2.16. The van der Waals surface area contributed by atoms with Crippen LogP contribution in [0.4, 0.5) is 0 Å². The standard InChI is InChI=1S/C12H13N3O2S/c1-9-2-4-10(5-3-9)6-15-8-13-14-12(15)18-7-11(16)17/h2-5,8H,6-7H2,1H3,(H,16,17). The SMILES string of the molecule is Cc1ccc(Cn2cnnc2SCC(=O)O)cc1. The maximum atomic E-state index is 10.5. The molecule has 1 aromatic heterocycles. The summed E-state index contributed by atoms with van der Waals surface area (Å²) in [5.74, 6) is -0.864. The molecule has 2 rings (SSSR count). The van der Waals surface area contributed by atoms with E-state index in [9.17, 15) is 4.79 Å². The van der Waals surface area contributed by atoms with Gasteiger partial charge in [0.2, 0.25) is 0 Å². The lowest BCUT2D eigenvalue weighted by Gasteiger charge is -2.05. The minimum atomic E-state index is -0.857. The summed E-state index contributed by atoms with van der Waals surface area (Å²) in [6, 6.07) is 8.18. The number of aromatic nitrogens is 3. The van der Waals surface area contributed by atoms with E-state index in [1.54, 1.807) is 6.33 Å². The van der Waals surface area contributed by atoms with Gasteiger partial charge in [-0.3, -0.25) is 4.79 Å². The number of nitrogens with zero attached hydrogens (tertiary/aromatic N) is 3. The van der Waals surface area contributed by atoms with Crippen molar-refractivity contribution in [1.82, 2.24) is 14.8 Å². The van der Waals surface area contributed by atoms with Crippen LogP contribution >= 0.6 is 11.8 Å². The smallest absolute Gasteiger partial charge is 0.313 e. The molecule has 0 atom stereocenters. The van der Waals surface area contributed by atoms with E-state index >= 15 is 0 Å². The fraction of sp³-hybridized carbons (Fsp3) is 0.250. The second kappa shape index (κ2) is 5.68. The monoisotopic (exact) mass is 263 g/mol. The van der Waals surface area contributed by atoms with Crippen LogP contribution in [-0.4, -0.2) is 31.6 Å². The number of carboxylic acid groups (broad SMARTS) is 1. The number of aliphatic carboxylic acids is 1. The molecule has 1 heterocycles. The highest BCUT2D eigenvalue weighted by molar-refractivity contribution is 7.99. The molecule has 2 aromatic rings. The van der Waals surface area contributed by atoms with Crippen LogP contribution in [0.15, 0.2) is 35.7 Å². The Morgan fingerprint density at radius 1 is 1.39 bits per heavy atom. The zero-order valence-corrected chi connectivity index (χ0v) is 10.7. The van der Waals surface area contributed by atoms with Crippen molar-refractivity contribution in [2.45, 2.75) is 18.6 Å². The third kappa shape index (κ3) is 3.33. The van der Waals surface area contributed by atoms with Gasteiger partial charge in [-0.05, 0) is 12.5 Å². The Kier molecular flexibility index (Phi) is 3.99. The van der Waals surface area contributed by atoms with Gasteiger partial charge in [-0.2, -0.15) is 0 Å². The summed E-state index contributed by atoms with van der Waals surface area (Å²) in [6.07, 6.45) is 1.62. The van der Waals surface area contributed by atoms with Crippen LogP contribution in [-0.2, 0) is 11.3 Å². The highest BCUT2D eigenvalue weighted by atomic mass is 32.2. The fourth-order valence-electron chi connectivity index (χ4n) is 1.48. The fourth-order valence-corrected chi connectivity index (χ4v) is 2.12. The van der Waals surface area contributed by atoms with Crippen LogP contribution < -0.4 is 0 Å². The molecule has 5 nitrogen and oxygen atoms in total. The first-order valence-corrected chi connectivity index (χ1v) is 6.41. The molecule has 1 N–H and O–H groups in total. The number of rotatable bonds is 5. The predicted octanol–water partition coefficient (Wildman–Crippen LogP) is 1.81. The molecule has 1 aromatic carbocycles. The molecule has 0 fully saturated rings. The molecule has 94 valence electrons. The average molecular weight is 263 g/mol. The Hall–Kier alpha value is -1.82. The normalized spacial score (nSPS) is 10.5. The number of benzene rings is 1. The zero-order valence-electron chi connectivity index (χ0n) is 9.91. The Labute approximate surface area is 109 Å². The molecule has 0 saturated heterocycles. The number of carbonyl (C=O) groups is 1. The first-order chi connectivity index (χ1) is 8.65. The molecule has 0 aliphatic carbocycles. The van der Waals surface area contributed by atoms with Crippen molar-refractivity contribution in [1.29, 1.82) is 0 Å². The summed E-state index contributed by atoms with van der Waals surface area (Å²) in [4.78, 5) is 10.5. The van der Waals surface area contributed by atoms with Crippen molar-refractivity contribution in [2.75, 3.05) is 5.75 Å². The van der Waals surface area contributed by atoms with E-state index in [0.29, 0.717) is 11.7 Å². The van der Waals surface area contributed by atoms with Crippen LogP contribution in [0.5, 0.6) is 0 Å². The minimum absolute atomic E-state index is 0.00735. The molecule has 0 unspecified atom stereocenters. The van der Waals surface area contributed by atoms with Crippen molar-refractivity contribution in [3.05, 3.63) is 41.7 Å².